The number of carboxylic acid groups (broad SMARTS) is 1. The summed E-state index contributed by atoms with van der Waals surface area (Å²) < 4.78 is 5.52. The molecule has 0 aromatic rings. The van der Waals surface area contributed by atoms with Gasteiger partial charge in [0.1, 0.15) is 0 Å². The van der Waals surface area contributed by atoms with Crippen molar-refractivity contribution in [1.82, 2.24) is 10.2 Å². The Hall–Kier alpha value is -2.25. The minimum Gasteiger partial charge on any atom is -0.481 e. The van der Waals surface area contributed by atoms with Gasteiger partial charge in [-0.3, -0.25) is 19.3 Å². The van der Waals surface area contributed by atoms with Gasteiger partial charge in [-0.2, -0.15) is 0 Å². The molecule has 7 rings (SSSR count). The van der Waals surface area contributed by atoms with Gasteiger partial charge in [-0.25, -0.2) is 0 Å². The molecule has 276 valence electrons. The first kappa shape index (κ1) is 36.1. The number of rotatable bonds is 7. The predicted molar refractivity (Wildman–Crippen MR) is 196 cm³/mol. The summed E-state index contributed by atoms with van der Waals surface area (Å²) in [7, 11) is 0. The van der Waals surface area contributed by atoms with Crippen LogP contribution < -0.4 is 5.32 Å². The minimum absolute atomic E-state index is 0.0213. The molecule has 1 amide bonds. The van der Waals surface area contributed by atoms with Gasteiger partial charge in [0.05, 0.1) is 24.5 Å². The molecule has 1 aliphatic heterocycles. The number of carbonyl (C=O) groups excluding carboxylic acids is 2. The molecule has 0 spiro atoms. The lowest BCUT2D eigenvalue weighted by molar-refractivity contribution is -0.199. The largest absolute Gasteiger partial charge is 0.481 e. The fraction of sp³-hybridized carbons (Fsp3) is 0.791. The van der Waals surface area contributed by atoms with Crippen molar-refractivity contribution in [1.29, 1.82) is 0 Å². The molecule has 7 aliphatic rings. The topological polar surface area (TPSA) is 95.9 Å². The third kappa shape index (κ3) is 5.28. The molecule has 7 nitrogen and oxygen atoms in total. The van der Waals surface area contributed by atoms with E-state index in [1.165, 1.54) is 29.6 Å². The Morgan fingerprint density at radius 1 is 0.960 bits per heavy atom. The Morgan fingerprint density at radius 2 is 1.70 bits per heavy atom. The Balaban J connectivity index is 1.18. The zero-order valence-corrected chi connectivity index (χ0v) is 32.1. The number of ether oxygens (including phenoxy) is 1. The van der Waals surface area contributed by atoms with Crippen LogP contribution in [0.2, 0.25) is 0 Å². The number of Topliss-reactive ketones (excluding diaryl/α,β-unsaturated/α-hetero) is 1. The molecule has 7 heteroatoms. The van der Waals surface area contributed by atoms with Gasteiger partial charge < -0.3 is 15.2 Å². The van der Waals surface area contributed by atoms with Crippen molar-refractivity contribution < 1.29 is 24.2 Å². The van der Waals surface area contributed by atoms with Crippen LogP contribution in [0.5, 0.6) is 0 Å². The summed E-state index contributed by atoms with van der Waals surface area (Å²) in [5, 5.41) is 13.0. The van der Waals surface area contributed by atoms with Gasteiger partial charge in [0.25, 0.3) is 0 Å². The molecule has 0 bridgehead atoms. The maximum Gasteiger partial charge on any atom is 0.306 e. The van der Waals surface area contributed by atoms with Crippen LogP contribution in [0.1, 0.15) is 119 Å². The van der Waals surface area contributed by atoms with E-state index in [9.17, 15) is 19.5 Å². The average molecular weight is 689 g/mol. The number of aliphatic carboxylic acids is 1. The number of ketones is 1. The van der Waals surface area contributed by atoms with Gasteiger partial charge in [-0.1, -0.05) is 60.6 Å². The van der Waals surface area contributed by atoms with E-state index in [0.717, 1.165) is 83.4 Å². The van der Waals surface area contributed by atoms with E-state index in [0.29, 0.717) is 31.2 Å². The Morgan fingerprint density at radius 3 is 2.36 bits per heavy atom. The summed E-state index contributed by atoms with van der Waals surface area (Å²) in [6.45, 7) is 21.8. The number of nitrogens with one attached hydrogen (secondary N) is 1. The second-order valence-corrected chi connectivity index (χ2v) is 19.1. The highest BCUT2D eigenvalue weighted by molar-refractivity contribution is 6.07. The summed E-state index contributed by atoms with van der Waals surface area (Å²) in [5.74, 6) is 0.885. The fourth-order valence-electron chi connectivity index (χ4n) is 13.7. The number of amides is 1. The predicted octanol–water partition coefficient (Wildman–Crippen LogP) is 7.76. The van der Waals surface area contributed by atoms with E-state index in [4.69, 9.17) is 4.74 Å². The standard InChI is InChI=1S/C43H64N2O5/c1-27(2)35-32(46)26-43(38(49)44-20-21-45-22-24-50-25-23-45)19-18-41(6)31(36(35)43)12-13-34-40(5)16-14-30(28-8-10-29(11-9-28)37(47)48)39(3,4)33(40)15-17-42(34,41)7/h8,14,27,29,31,33-34H,9-13,15-26H2,1-7H3,(H,44,49)(H,47,48)/t29?,31-,33+,34-,40+,41-,42-,43-/m1/s1. The number of carbonyl (C=O) groups is 3. The second kappa shape index (κ2) is 12.7. The zero-order valence-electron chi connectivity index (χ0n) is 32.1. The summed E-state index contributed by atoms with van der Waals surface area (Å²) in [6, 6.07) is 0. The second-order valence-electron chi connectivity index (χ2n) is 19.1. The number of nitrogens with zero attached hydrogens (tertiary/aromatic N) is 1. The molecule has 0 aromatic heterocycles. The SMILES string of the molecule is CC(C)C1=C2[C@H]3CC[C@@H]4[C@@]5(C)CC=C(C6=CCC(C(=O)O)CC6)C(C)(C)[C@@H]5CC[C@@]4(C)[C@]3(C)CC[C@@]2(C(=O)NCCN2CCOCC2)CC1=O. The van der Waals surface area contributed by atoms with Gasteiger partial charge in [-0.15, -0.1) is 0 Å². The van der Waals surface area contributed by atoms with Crippen molar-refractivity contribution in [3.05, 3.63) is 34.4 Å². The first-order chi connectivity index (χ1) is 23.6. The van der Waals surface area contributed by atoms with Crippen LogP contribution in [0, 0.1) is 56.7 Å². The normalized spacial score (nSPS) is 41.4. The molecule has 8 atom stereocenters. The molecular weight excluding hydrogens is 624 g/mol. The first-order valence-electron chi connectivity index (χ1n) is 20.1. The molecule has 3 saturated carbocycles. The lowest BCUT2D eigenvalue weighted by Crippen LogP contribution is -2.64. The Bertz CT molecular complexity index is 1520. The number of hydrogen-bond acceptors (Lipinski definition) is 5. The van der Waals surface area contributed by atoms with E-state index in [1.54, 1.807) is 0 Å². The Kier molecular flexibility index (Phi) is 9.18. The molecular formula is C43H64N2O5. The maximum absolute atomic E-state index is 14.4. The van der Waals surface area contributed by atoms with Crippen molar-refractivity contribution in [2.75, 3.05) is 39.4 Å². The summed E-state index contributed by atoms with van der Waals surface area (Å²) >= 11 is 0. The highest BCUT2D eigenvalue weighted by Gasteiger charge is 2.70. The molecule has 6 aliphatic carbocycles. The van der Waals surface area contributed by atoms with Crippen molar-refractivity contribution in [3.8, 4) is 0 Å². The quantitative estimate of drug-likeness (QED) is 0.284. The van der Waals surface area contributed by atoms with Crippen LogP contribution in [-0.4, -0.2) is 67.1 Å². The zero-order chi connectivity index (χ0) is 35.9. The number of carboxylic acids is 1. The van der Waals surface area contributed by atoms with Crippen LogP contribution in [-0.2, 0) is 19.1 Å². The lowest BCUT2D eigenvalue weighted by Gasteiger charge is -2.71. The smallest absolute Gasteiger partial charge is 0.306 e. The van der Waals surface area contributed by atoms with Crippen LogP contribution in [0.4, 0.5) is 0 Å². The molecule has 1 unspecified atom stereocenters. The molecule has 0 radical (unpaired) electrons. The summed E-state index contributed by atoms with van der Waals surface area (Å²) in [6.07, 6.45) is 14.8. The third-order valence-electron chi connectivity index (χ3n) is 16.4. The van der Waals surface area contributed by atoms with Gasteiger partial charge in [0, 0.05) is 32.6 Å². The van der Waals surface area contributed by atoms with E-state index >= 15 is 0 Å². The summed E-state index contributed by atoms with van der Waals surface area (Å²) in [4.78, 5) is 42.5. The van der Waals surface area contributed by atoms with Crippen LogP contribution in [0.25, 0.3) is 0 Å². The number of allylic oxidation sites excluding steroid dienone is 5. The lowest BCUT2D eigenvalue weighted by atomic mass is 9.33. The minimum atomic E-state index is -0.700. The third-order valence-corrected chi connectivity index (χ3v) is 16.4. The van der Waals surface area contributed by atoms with Crippen molar-refractivity contribution in [2.24, 2.45) is 56.7 Å². The molecule has 50 heavy (non-hydrogen) atoms. The molecule has 1 heterocycles. The average Bonchev–Trinajstić information content (AvgIpc) is 3.38. The van der Waals surface area contributed by atoms with Crippen LogP contribution >= 0.6 is 0 Å². The number of hydrogen-bond donors (Lipinski definition) is 2. The summed E-state index contributed by atoms with van der Waals surface area (Å²) in [5.41, 5.74) is 4.71. The van der Waals surface area contributed by atoms with Gasteiger partial charge in [0.15, 0.2) is 5.78 Å². The van der Waals surface area contributed by atoms with Gasteiger partial charge in [-0.05, 0) is 132 Å². The highest BCUT2D eigenvalue weighted by Crippen LogP contribution is 2.76. The van der Waals surface area contributed by atoms with E-state index in [2.05, 4.69) is 70.8 Å². The maximum atomic E-state index is 14.4. The number of morpholine rings is 1. The number of fused-ring (bicyclic) bond motifs is 7. The van der Waals surface area contributed by atoms with Crippen molar-refractivity contribution >= 4 is 17.7 Å². The molecule has 1 saturated heterocycles. The molecule has 2 N–H and O–H groups in total. The molecule has 0 aromatic carbocycles. The fourth-order valence-corrected chi connectivity index (χ4v) is 13.7. The van der Waals surface area contributed by atoms with Gasteiger partial charge in [0.2, 0.25) is 5.91 Å². The molecule has 4 fully saturated rings. The van der Waals surface area contributed by atoms with Crippen molar-refractivity contribution in [3.63, 3.8) is 0 Å². The van der Waals surface area contributed by atoms with Crippen LogP contribution in [0.3, 0.4) is 0 Å². The Labute approximate surface area is 301 Å². The van der Waals surface area contributed by atoms with E-state index in [-0.39, 0.29) is 51.1 Å². The van der Waals surface area contributed by atoms with E-state index in [1.807, 2.05) is 0 Å². The first-order valence-corrected chi connectivity index (χ1v) is 20.1. The van der Waals surface area contributed by atoms with Crippen molar-refractivity contribution in [2.45, 2.75) is 119 Å². The van der Waals surface area contributed by atoms with Gasteiger partial charge >= 0.3 is 5.97 Å². The van der Waals surface area contributed by atoms with Crippen LogP contribution in [0.15, 0.2) is 34.4 Å². The highest BCUT2D eigenvalue weighted by atomic mass is 16.5. The van der Waals surface area contributed by atoms with E-state index < -0.39 is 11.4 Å². The monoisotopic (exact) mass is 688 g/mol.